The van der Waals surface area contributed by atoms with Crippen LogP contribution in [0.3, 0.4) is 0 Å². The first-order chi connectivity index (χ1) is 14.5. The molecule has 0 radical (unpaired) electrons. The zero-order chi connectivity index (χ0) is 23.2. The molecule has 2 aromatic rings. The van der Waals surface area contributed by atoms with Gasteiger partial charge in [0.2, 0.25) is 5.91 Å². The summed E-state index contributed by atoms with van der Waals surface area (Å²) in [5.41, 5.74) is 3.85. The summed E-state index contributed by atoms with van der Waals surface area (Å²) in [5, 5.41) is 3.02. The van der Waals surface area contributed by atoms with Crippen LogP contribution in [0.25, 0.3) is 0 Å². The highest BCUT2D eigenvalue weighted by molar-refractivity contribution is 5.88. The molecule has 0 fully saturated rings. The zero-order valence-electron chi connectivity index (χ0n) is 19.9. The Morgan fingerprint density at radius 2 is 1.71 bits per heavy atom. The number of carbonyl (C=O) groups excluding carboxylic acids is 2. The maximum atomic E-state index is 13.3. The molecule has 2 aromatic carbocycles. The van der Waals surface area contributed by atoms with Crippen molar-refractivity contribution in [1.29, 1.82) is 0 Å². The highest BCUT2D eigenvalue weighted by Crippen LogP contribution is 2.20. The van der Waals surface area contributed by atoms with Gasteiger partial charge in [0.25, 0.3) is 5.91 Å². The van der Waals surface area contributed by atoms with Crippen molar-refractivity contribution in [2.24, 2.45) is 0 Å². The molecule has 5 heteroatoms. The fourth-order valence-corrected chi connectivity index (χ4v) is 3.53. The zero-order valence-corrected chi connectivity index (χ0v) is 19.9. The Morgan fingerprint density at radius 3 is 2.29 bits per heavy atom. The molecule has 1 N–H and O–H groups in total. The van der Waals surface area contributed by atoms with Gasteiger partial charge >= 0.3 is 0 Å². The number of nitrogens with one attached hydrogen (secondary N) is 1. The predicted octanol–water partition coefficient (Wildman–Crippen LogP) is 4.71. The molecule has 2 rings (SSSR count). The number of rotatable bonds is 8. The number of aryl methyl sites for hydroxylation is 3. The van der Waals surface area contributed by atoms with Gasteiger partial charge in [-0.2, -0.15) is 0 Å². The van der Waals surface area contributed by atoms with Gasteiger partial charge in [-0.3, -0.25) is 9.59 Å². The summed E-state index contributed by atoms with van der Waals surface area (Å²) in [5.74, 6) is 0.324. The summed E-state index contributed by atoms with van der Waals surface area (Å²) in [6, 6.07) is 13.2. The maximum absolute atomic E-state index is 13.3. The van der Waals surface area contributed by atoms with Gasteiger partial charge in [-0.15, -0.1) is 0 Å². The summed E-state index contributed by atoms with van der Waals surface area (Å²) in [6.07, 6.45) is 0.517. The summed E-state index contributed by atoms with van der Waals surface area (Å²) in [4.78, 5) is 28.0. The minimum absolute atomic E-state index is 0.116. The number of ether oxygens (including phenoxy) is 1. The van der Waals surface area contributed by atoms with E-state index in [0.717, 1.165) is 22.3 Å². The predicted molar refractivity (Wildman–Crippen MR) is 125 cm³/mol. The number of nitrogens with zero attached hydrogens (tertiary/aromatic N) is 1. The lowest BCUT2D eigenvalue weighted by Gasteiger charge is -2.33. The lowest BCUT2D eigenvalue weighted by molar-refractivity contribution is -0.143. The third-order valence-electron chi connectivity index (χ3n) is 5.17. The quantitative estimate of drug-likeness (QED) is 0.667. The van der Waals surface area contributed by atoms with E-state index in [1.54, 1.807) is 4.90 Å². The van der Waals surface area contributed by atoms with Gasteiger partial charge in [0.1, 0.15) is 11.8 Å². The molecule has 31 heavy (non-hydrogen) atoms. The second-order valence-electron chi connectivity index (χ2n) is 9.17. The van der Waals surface area contributed by atoms with Crippen LogP contribution < -0.4 is 10.1 Å². The second-order valence-corrected chi connectivity index (χ2v) is 9.17. The molecule has 2 amide bonds. The number of hydrogen-bond acceptors (Lipinski definition) is 3. The van der Waals surface area contributed by atoms with Crippen LogP contribution in [0.15, 0.2) is 42.5 Å². The van der Waals surface area contributed by atoms with Crippen LogP contribution in [-0.2, 0) is 16.1 Å². The van der Waals surface area contributed by atoms with Gasteiger partial charge in [0.15, 0.2) is 6.61 Å². The highest BCUT2D eigenvalue weighted by Gasteiger charge is 2.31. The standard InChI is InChI=1S/C26H36N2O3/c1-8-22(25(30)27-26(5,6)7)28(16-21-12-10-9-11-19(21)3)24(29)17-31-23-14-13-18(2)15-20(23)4/h9-15,22H,8,16-17H2,1-7H3,(H,27,30)/t22-/m0/s1. The largest absolute Gasteiger partial charge is 0.483 e. The fraction of sp³-hybridized carbons (Fsp3) is 0.462. The van der Waals surface area contributed by atoms with Crippen LogP contribution >= 0.6 is 0 Å². The second kappa shape index (κ2) is 10.5. The van der Waals surface area contributed by atoms with E-state index in [9.17, 15) is 9.59 Å². The molecule has 1 atom stereocenters. The van der Waals surface area contributed by atoms with E-state index in [-0.39, 0.29) is 24.0 Å². The fourth-order valence-electron chi connectivity index (χ4n) is 3.53. The molecule has 0 aliphatic heterocycles. The Morgan fingerprint density at radius 1 is 1.03 bits per heavy atom. The first-order valence-electron chi connectivity index (χ1n) is 10.9. The van der Waals surface area contributed by atoms with E-state index >= 15 is 0 Å². The third-order valence-corrected chi connectivity index (χ3v) is 5.17. The van der Waals surface area contributed by atoms with Crippen LogP contribution in [0.4, 0.5) is 0 Å². The molecule has 0 saturated heterocycles. The van der Waals surface area contributed by atoms with Crippen molar-refractivity contribution >= 4 is 11.8 Å². The summed E-state index contributed by atoms with van der Waals surface area (Å²) >= 11 is 0. The summed E-state index contributed by atoms with van der Waals surface area (Å²) in [6.45, 7) is 14.0. The van der Waals surface area contributed by atoms with Crippen molar-refractivity contribution in [3.8, 4) is 5.75 Å². The van der Waals surface area contributed by atoms with Crippen molar-refractivity contribution in [3.63, 3.8) is 0 Å². The molecule has 168 valence electrons. The Kier molecular flexibility index (Phi) is 8.26. The molecule has 0 aliphatic carbocycles. The van der Waals surface area contributed by atoms with Gasteiger partial charge in [0, 0.05) is 12.1 Å². The van der Waals surface area contributed by atoms with Crippen molar-refractivity contribution < 1.29 is 14.3 Å². The number of carbonyl (C=O) groups is 2. The van der Waals surface area contributed by atoms with Gasteiger partial charge in [-0.25, -0.2) is 0 Å². The van der Waals surface area contributed by atoms with Crippen molar-refractivity contribution in [1.82, 2.24) is 10.2 Å². The Hall–Kier alpha value is -2.82. The number of hydrogen-bond donors (Lipinski definition) is 1. The first kappa shape index (κ1) is 24.4. The molecule has 0 aromatic heterocycles. The molecule has 0 bridgehead atoms. The third kappa shape index (κ3) is 7.12. The molecule has 0 spiro atoms. The molecule has 0 saturated carbocycles. The van der Waals surface area contributed by atoms with Crippen LogP contribution in [0.2, 0.25) is 0 Å². The summed E-state index contributed by atoms with van der Waals surface area (Å²) < 4.78 is 5.85. The normalized spacial score (nSPS) is 12.2. The lowest BCUT2D eigenvalue weighted by atomic mass is 10.0. The number of benzene rings is 2. The maximum Gasteiger partial charge on any atom is 0.261 e. The van der Waals surface area contributed by atoms with Crippen LogP contribution in [0.1, 0.15) is 56.4 Å². The minimum atomic E-state index is -0.575. The van der Waals surface area contributed by atoms with E-state index in [1.165, 1.54) is 0 Å². The Labute approximate surface area is 186 Å². The topological polar surface area (TPSA) is 58.6 Å². The van der Waals surface area contributed by atoms with E-state index < -0.39 is 6.04 Å². The van der Waals surface area contributed by atoms with Gasteiger partial charge in [-0.05, 0) is 70.7 Å². The molecular formula is C26H36N2O3. The van der Waals surface area contributed by atoms with Gasteiger partial charge in [0.05, 0.1) is 0 Å². The van der Waals surface area contributed by atoms with Gasteiger partial charge < -0.3 is 15.0 Å². The average Bonchev–Trinajstić information content (AvgIpc) is 2.67. The molecule has 0 heterocycles. The Balaban J connectivity index is 2.27. The Bertz CT molecular complexity index is 915. The minimum Gasteiger partial charge on any atom is -0.483 e. The van der Waals surface area contributed by atoms with Crippen LogP contribution in [0, 0.1) is 20.8 Å². The van der Waals surface area contributed by atoms with E-state index in [1.807, 2.05) is 90.9 Å². The highest BCUT2D eigenvalue weighted by atomic mass is 16.5. The SMILES string of the molecule is CC[C@@H](C(=O)NC(C)(C)C)N(Cc1ccccc1C)C(=O)COc1ccc(C)cc1C. The van der Waals surface area contributed by atoms with E-state index in [4.69, 9.17) is 4.74 Å². The van der Waals surface area contributed by atoms with E-state index in [0.29, 0.717) is 18.7 Å². The van der Waals surface area contributed by atoms with Crippen molar-refractivity contribution in [3.05, 3.63) is 64.7 Å². The first-order valence-corrected chi connectivity index (χ1v) is 10.9. The van der Waals surface area contributed by atoms with Crippen LogP contribution in [-0.4, -0.2) is 34.9 Å². The monoisotopic (exact) mass is 424 g/mol. The lowest BCUT2D eigenvalue weighted by Crippen LogP contribution is -2.54. The molecule has 0 aliphatic rings. The van der Waals surface area contributed by atoms with E-state index in [2.05, 4.69) is 5.32 Å². The molecular weight excluding hydrogens is 388 g/mol. The number of amides is 2. The van der Waals surface area contributed by atoms with Gasteiger partial charge in [-0.1, -0.05) is 48.9 Å². The van der Waals surface area contributed by atoms with Crippen molar-refractivity contribution in [2.45, 2.75) is 73.0 Å². The van der Waals surface area contributed by atoms with Crippen LogP contribution in [0.5, 0.6) is 5.75 Å². The smallest absolute Gasteiger partial charge is 0.261 e. The average molecular weight is 425 g/mol. The molecule has 0 unspecified atom stereocenters. The molecule has 5 nitrogen and oxygen atoms in total. The summed E-state index contributed by atoms with van der Waals surface area (Å²) in [7, 11) is 0. The van der Waals surface area contributed by atoms with Crippen molar-refractivity contribution in [2.75, 3.05) is 6.61 Å².